The van der Waals surface area contributed by atoms with Crippen LogP contribution in [-0.2, 0) is 11.2 Å². The predicted octanol–water partition coefficient (Wildman–Crippen LogP) is 3.43. The van der Waals surface area contributed by atoms with Crippen LogP contribution in [0.25, 0.3) is 11.1 Å². The number of rotatable bonds is 2. The van der Waals surface area contributed by atoms with Crippen LogP contribution in [0.5, 0.6) is 0 Å². The second kappa shape index (κ2) is 4.73. The first-order valence-electron chi connectivity index (χ1n) is 6.40. The maximum Gasteiger partial charge on any atom is 0.231 e. The van der Waals surface area contributed by atoms with Gasteiger partial charge in [-0.05, 0) is 17.2 Å². The average molecular weight is 249 g/mol. The second-order valence-corrected chi connectivity index (χ2v) is 4.64. The number of carbonyl (C=O) groups excluding carboxylic acids is 1. The summed E-state index contributed by atoms with van der Waals surface area (Å²) in [5.74, 6) is 0.123. The molecule has 0 aromatic heterocycles. The van der Waals surface area contributed by atoms with Gasteiger partial charge in [-0.15, -0.1) is 6.58 Å². The van der Waals surface area contributed by atoms with E-state index < -0.39 is 0 Å². The van der Waals surface area contributed by atoms with E-state index in [1.165, 1.54) is 0 Å². The van der Waals surface area contributed by atoms with Gasteiger partial charge >= 0.3 is 0 Å². The van der Waals surface area contributed by atoms with Crippen LogP contribution in [0.15, 0.2) is 61.2 Å². The highest BCUT2D eigenvalue weighted by Crippen LogP contribution is 2.36. The Bertz CT molecular complexity index is 645. The van der Waals surface area contributed by atoms with E-state index in [2.05, 4.69) is 18.7 Å². The number of benzene rings is 2. The van der Waals surface area contributed by atoms with Gasteiger partial charge < -0.3 is 4.90 Å². The van der Waals surface area contributed by atoms with E-state index >= 15 is 0 Å². The van der Waals surface area contributed by atoms with Crippen LogP contribution in [0.1, 0.15) is 5.56 Å². The Kier molecular flexibility index (Phi) is 2.92. The molecule has 3 rings (SSSR count). The van der Waals surface area contributed by atoms with Gasteiger partial charge in [-0.1, -0.05) is 48.5 Å². The molecule has 0 spiro atoms. The smallest absolute Gasteiger partial charge is 0.231 e. The summed E-state index contributed by atoms with van der Waals surface area (Å²) in [6.07, 6.45) is 2.21. The Hall–Kier alpha value is -2.35. The van der Waals surface area contributed by atoms with Crippen molar-refractivity contribution in [2.75, 3.05) is 11.4 Å². The Morgan fingerprint density at radius 3 is 2.53 bits per heavy atom. The number of carbonyl (C=O) groups is 1. The molecule has 0 N–H and O–H groups in total. The van der Waals surface area contributed by atoms with Gasteiger partial charge in [-0.3, -0.25) is 4.79 Å². The van der Waals surface area contributed by atoms with Gasteiger partial charge in [0.2, 0.25) is 5.91 Å². The summed E-state index contributed by atoms with van der Waals surface area (Å²) < 4.78 is 0. The van der Waals surface area contributed by atoms with Crippen LogP contribution in [-0.4, -0.2) is 12.5 Å². The van der Waals surface area contributed by atoms with Gasteiger partial charge in [-0.2, -0.15) is 0 Å². The molecule has 0 saturated heterocycles. The number of nitrogens with zero attached hydrogens (tertiary/aromatic N) is 1. The van der Waals surface area contributed by atoms with E-state index in [9.17, 15) is 4.79 Å². The molecule has 0 saturated carbocycles. The lowest BCUT2D eigenvalue weighted by atomic mass is 9.98. The molecular weight excluding hydrogens is 234 g/mol. The van der Waals surface area contributed by atoms with Gasteiger partial charge in [0.1, 0.15) is 0 Å². The molecule has 2 heteroatoms. The predicted molar refractivity (Wildman–Crippen MR) is 78.1 cm³/mol. The first-order chi connectivity index (χ1) is 9.31. The van der Waals surface area contributed by atoms with Gasteiger partial charge in [0.05, 0.1) is 12.1 Å². The molecule has 0 bridgehead atoms. The molecule has 1 heterocycles. The standard InChI is InChI=1S/C17H15NO/c1-2-11-18-16-10-6-5-9-15(16)14-8-4-3-7-13(14)12-17(18)19/h2-10H,1,11-12H2. The van der Waals surface area contributed by atoms with Crippen LogP contribution >= 0.6 is 0 Å². The molecule has 0 fully saturated rings. The third kappa shape index (κ3) is 1.95. The topological polar surface area (TPSA) is 20.3 Å². The number of anilines is 1. The van der Waals surface area contributed by atoms with Crippen molar-refractivity contribution >= 4 is 11.6 Å². The van der Waals surface area contributed by atoms with Crippen LogP contribution in [0.2, 0.25) is 0 Å². The zero-order valence-corrected chi connectivity index (χ0v) is 10.7. The molecule has 1 aliphatic rings. The summed E-state index contributed by atoms with van der Waals surface area (Å²) >= 11 is 0. The van der Waals surface area contributed by atoms with Crippen molar-refractivity contribution in [1.82, 2.24) is 0 Å². The largest absolute Gasteiger partial charge is 0.308 e. The zero-order valence-electron chi connectivity index (χ0n) is 10.7. The summed E-state index contributed by atoms with van der Waals surface area (Å²) in [7, 11) is 0. The maximum absolute atomic E-state index is 12.4. The van der Waals surface area contributed by atoms with Gasteiger partial charge in [0.25, 0.3) is 0 Å². The SMILES string of the molecule is C=CCN1C(=O)Cc2ccccc2-c2ccccc21. The van der Waals surface area contributed by atoms with Crippen LogP contribution in [0, 0.1) is 0 Å². The van der Waals surface area contributed by atoms with Crippen molar-refractivity contribution in [1.29, 1.82) is 0 Å². The molecule has 1 aliphatic heterocycles. The van der Waals surface area contributed by atoms with E-state index in [-0.39, 0.29) is 5.91 Å². The van der Waals surface area contributed by atoms with Crippen molar-refractivity contribution in [3.05, 3.63) is 66.7 Å². The summed E-state index contributed by atoms with van der Waals surface area (Å²) in [6, 6.07) is 16.2. The first-order valence-corrected chi connectivity index (χ1v) is 6.40. The molecule has 2 aromatic carbocycles. The highest BCUT2D eigenvalue weighted by molar-refractivity contribution is 6.02. The number of para-hydroxylation sites is 1. The third-order valence-corrected chi connectivity index (χ3v) is 3.46. The molecule has 2 aromatic rings. The van der Waals surface area contributed by atoms with Crippen molar-refractivity contribution in [3.8, 4) is 11.1 Å². The summed E-state index contributed by atoms with van der Waals surface area (Å²) in [6.45, 7) is 4.29. The quantitative estimate of drug-likeness (QED) is 0.747. The molecule has 94 valence electrons. The number of fused-ring (bicyclic) bond motifs is 3. The fourth-order valence-electron chi connectivity index (χ4n) is 2.60. The highest BCUT2D eigenvalue weighted by Gasteiger charge is 2.24. The number of amides is 1. The highest BCUT2D eigenvalue weighted by atomic mass is 16.2. The molecule has 0 radical (unpaired) electrons. The van der Waals surface area contributed by atoms with E-state index in [1.54, 1.807) is 6.08 Å². The lowest BCUT2D eigenvalue weighted by molar-refractivity contribution is -0.117. The lowest BCUT2D eigenvalue weighted by Gasteiger charge is -2.21. The van der Waals surface area contributed by atoms with Crippen LogP contribution in [0.4, 0.5) is 5.69 Å². The maximum atomic E-state index is 12.4. The Balaban J connectivity index is 2.25. The van der Waals surface area contributed by atoms with Crippen molar-refractivity contribution in [2.45, 2.75) is 6.42 Å². The fourth-order valence-corrected chi connectivity index (χ4v) is 2.60. The molecule has 1 amide bonds. The van der Waals surface area contributed by atoms with Gasteiger partial charge in [0.15, 0.2) is 0 Å². The Morgan fingerprint density at radius 1 is 1.05 bits per heavy atom. The number of hydrogen-bond donors (Lipinski definition) is 0. The monoisotopic (exact) mass is 249 g/mol. The van der Waals surface area contributed by atoms with E-state index in [4.69, 9.17) is 0 Å². The normalized spacial score (nSPS) is 13.5. The average Bonchev–Trinajstić information content (AvgIpc) is 2.56. The zero-order chi connectivity index (χ0) is 13.2. The minimum Gasteiger partial charge on any atom is -0.308 e. The van der Waals surface area contributed by atoms with Crippen LogP contribution < -0.4 is 4.90 Å². The Labute approximate surface area is 113 Å². The van der Waals surface area contributed by atoms with E-state index in [0.717, 1.165) is 22.4 Å². The summed E-state index contributed by atoms with van der Waals surface area (Å²) in [5.41, 5.74) is 4.33. The minimum absolute atomic E-state index is 0.123. The fraction of sp³-hybridized carbons (Fsp3) is 0.118. The lowest BCUT2D eigenvalue weighted by Crippen LogP contribution is -2.31. The molecule has 0 atom stereocenters. The molecule has 2 nitrogen and oxygen atoms in total. The molecule has 0 unspecified atom stereocenters. The third-order valence-electron chi connectivity index (χ3n) is 3.46. The second-order valence-electron chi connectivity index (χ2n) is 4.64. The van der Waals surface area contributed by atoms with Crippen molar-refractivity contribution in [2.24, 2.45) is 0 Å². The van der Waals surface area contributed by atoms with Crippen LogP contribution in [0.3, 0.4) is 0 Å². The molecular formula is C17H15NO. The van der Waals surface area contributed by atoms with Crippen molar-refractivity contribution < 1.29 is 4.79 Å². The molecule has 19 heavy (non-hydrogen) atoms. The van der Waals surface area contributed by atoms with Gasteiger partial charge in [-0.25, -0.2) is 0 Å². The molecule has 0 aliphatic carbocycles. The van der Waals surface area contributed by atoms with E-state index in [0.29, 0.717) is 13.0 Å². The Morgan fingerprint density at radius 2 is 1.74 bits per heavy atom. The number of hydrogen-bond acceptors (Lipinski definition) is 1. The summed E-state index contributed by atoms with van der Waals surface area (Å²) in [4.78, 5) is 14.2. The van der Waals surface area contributed by atoms with Crippen molar-refractivity contribution in [3.63, 3.8) is 0 Å². The first kappa shape index (κ1) is 11.7. The minimum atomic E-state index is 0.123. The van der Waals surface area contributed by atoms with E-state index in [1.807, 2.05) is 41.3 Å². The summed E-state index contributed by atoms with van der Waals surface area (Å²) in [5, 5.41) is 0. The van der Waals surface area contributed by atoms with Gasteiger partial charge in [0, 0.05) is 12.1 Å².